The summed E-state index contributed by atoms with van der Waals surface area (Å²) >= 11 is 6.06. The van der Waals surface area contributed by atoms with Gasteiger partial charge in [-0.2, -0.15) is 5.10 Å². The van der Waals surface area contributed by atoms with Crippen LogP contribution in [0.3, 0.4) is 0 Å². The number of hydrazine groups is 1. The SMILES string of the molecule is Cc1cc(C)n(-c2nc3ccc(Cl)cc3nc2NNC(=O)c2ccco2)n1. The topological polar surface area (TPSA) is 97.9 Å². The molecule has 4 aromatic rings. The minimum absolute atomic E-state index is 0.173. The molecule has 0 unspecified atom stereocenters. The van der Waals surface area contributed by atoms with Crippen LogP contribution in [0.25, 0.3) is 16.9 Å². The summed E-state index contributed by atoms with van der Waals surface area (Å²) in [4.78, 5) is 21.4. The second-order valence-electron chi connectivity index (χ2n) is 5.92. The minimum atomic E-state index is -0.438. The lowest BCUT2D eigenvalue weighted by atomic mass is 10.3. The first-order chi connectivity index (χ1) is 13.0. The van der Waals surface area contributed by atoms with Gasteiger partial charge in [-0.25, -0.2) is 14.6 Å². The van der Waals surface area contributed by atoms with Crippen molar-refractivity contribution < 1.29 is 9.21 Å². The highest BCUT2D eigenvalue weighted by Gasteiger charge is 2.16. The first kappa shape index (κ1) is 17.0. The molecule has 0 spiro atoms. The highest BCUT2D eigenvalue weighted by Crippen LogP contribution is 2.23. The molecule has 0 aliphatic heterocycles. The van der Waals surface area contributed by atoms with Gasteiger partial charge >= 0.3 is 5.91 Å². The Kier molecular flexibility index (Phi) is 4.25. The van der Waals surface area contributed by atoms with Gasteiger partial charge in [0.2, 0.25) is 0 Å². The molecule has 27 heavy (non-hydrogen) atoms. The van der Waals surface area contributed by atoms with Crippen LogP contribution < -0.4 is 10.9 Å². The Balaban J connectivity index is 1.77. The second-order valence-corrected chi connectivity index (χ2v) is 6.36. The molecule has 0 atom stereocenters. The fourth-order valence-corrected chi connectivity index (χ4v) is 2.84. The van der Waals surface area contributed by atoms with E-state index >= 15 is 0 Å². The number of fused-ring (bicyclic) bond motifs is 1. The second kappa shape index (κ2) is 6.73. The molecule has 1 aromatic carbocycles. The van der Waals surface area contributed by atoms with Crippen LogP contribution in [-0.4, -0.2) is 25.7 Å². The molecule has 0 fully saturated rings. The first-order valence-electron chi connectivity index (χ1n) is 8.12. The number of rotatable bonds is 4. The van der Waals surface area contributed by atoms with Crippen molar-refractivity contribution in [1.82, 2.24) is 25.2 Å². The van der Waals surface area contributed by atoms with Gasteiger partial charge in [-0.05, 0) is 50.2 Å². The number of nitrogens with zero attached hydrogens (tertiary/aromatic N) is 4. The third kappa shape index (κ3) is 3.34. The van der Waals surface area contributed by atoms with E-state index in [1.54, 1.807) is 35.0 Å². The Bertz CT molecular complexity index is 1140. The van der Waals surface area contributed by atoms with E-state index in [9.17, 15) is 4.79 Å². The van der Waals surface area contributed by atoms with Crippen molar-refractivity contribution >= 4 is 34.4 Å². The average molecular weight is 383 g/mol. The van der Waals surface area contributed by atoms with E-state index < -0.39 is 5.91 Å². The largest absolute Gasteiger partial charge is 0.459 e. The summed E-state index contributed by atoms with van der Waals surface area (Å²) in [6.07, 6.45) is 1.42. The van der Waals surface area contributed by atoms with Crippen molar-refractivity contribution in [2.45, 2.75) is 13.8 Å². The summed E-state index contributed by atoms with van der Waals surface area (Å²) in [5.74, 6) is 0.519. The van der Waals surface area contributed by atoms with E-state index in [4.69, 9.17) is 16.0 Å². The fraction of sp³-hybridized carbons (Fsp3) is 0.111. The monoisotopic (exact) mass is 382 g/mol. The Labute approximate surface area is 159 Å². The van der Waals surface area contributed by atoms with Crippen molar-refractivity contribution in [3.63, 3.8) is 0 Å². The average Bonchev–Trinajstić information content (AvgIpc) is 3.28. The molecule has 0 aliphatic rings. The molecule has 0 saturated carbocycles. The van der Waals surface area contributed by atoms with E-state index in [0.29, 0.717) is 27.7 Å². The Morgan fingerprint density at radius 2 is 2.00 bits per heavy atom. The van der Waals surface area contributed by atoms with Gasteiger partial charge in [0.1, 0.15) is 0 Å². The number of carbonyl (C=O) groups excluding carboxylic acids is 1. The zero-order valence-corrected chi connectivity index (χ0v) is 15.3. The number of hydrogen-bond donors (Lipinski definition) is 2. The van der Waals surface area contributed by atoms with Crippen LogP contribution in [0.5, 0.6) is 0 Å². The Morgan fingerprint density at radius 3 is 2.70 bits per heavy atom. The van der Waals surface area contributed by atoms with Crippen molar-refractivity contribution in [1.29, 1.82) is 0 Å². The lowest BCUT2D eigenvalue weighted by molar-refractivity contribution is 0.0935. The lowest BCUT2D eigenvalue weighted by Crippen LogP contribution is -2.30. The number of aryl methyl sites for hydroxylation is 2. The predicted octanol–water partition coefficient (Wildman–Crippen LogP) is 3.44. The van der Waals surface area contributed by atoms with Crippen LogP contribution in [0.4, 0.5) is 5.82 Å². The van der Waals surface area contributed by atoms with Gasteiger partial charge in [0.05, 0.1) is 23.0 Å². The van der Waals surface area contributed by atoms with Gasteiger partial charge in [0.15, 0.2) is 17.4 Å². The van der Waals surface area contributed by atoms with E-state index in [1.165, 1.54) is 6.26 Å². The molecule has 0 radical (unpaired) electrons. The summed E-state index contributed by atoms with van der Waals surface area (Å²) in [6, 6.07) is 10.4. The third-order valence-corrected chi connectivity index (χ3v) is 4.09. The summed E-state index contributed by atoms with van der Waals surface area (Å²) in [5, 5.41) is 5.00. The molecule has 136 valence electrons. The number of anilines is 1. The molecule has 3 heterocycles. The number of hydrogen-bond acceptors (Lipinski definition) is 6. The predicted molar refractivity (Wildman–Crippen MR) is 101 cm³/mol. The molecule has 9 heteroatoms. The van der Waals surface area contributed by atoms with Gasteiger partial charge in [-0.3, -0.25) is 15.6 Å². The van der Waals surface area contributed by atoms with Crippen molar-refractivity contribution in [2.75, 3.05) is 5.43 Å². The maximum atomic E-state index is 12.2. The number of benzene rings is 1. The molecule has 8 nitrogen and oxygen atoms in total. The van der Waals surface area contributed by atoms with Crippen LogP contribution >= 0.6 is 11.6 Å². The van der Waals surface area contributed by atoms with E-state index in [1.807, 2.05) is 19.9 Å². The van der Waals surface area contributed by atoms with E-state index in [2.05, 4.69) is 25.9 Å². The highest BCUT2D eigenvalue weighted by atomic mass is 35.5. The maximum Gasteiger partial charge on any atom is 0.305 e. The summed E-state index contributed by atoms with van der Waals surface area (Å²) in [5.41, 5.74) is 8.34. The summed E-state index contributed by atoms with van der Waals surface area (Å²) in [7, 11) is 0. The number of furan rings is 1. The van der Waals surface area contributed by atoms with Crippen molar-refractivity contribution in [3.05, 3.63) is 64.8 Å². The molecular weight excluding hydrogens is 368 g/mol. The molecule has 1 amide bonds. The molecule has 0 bridgehead atoms. The summed E-state index contributed by atoms with van der Waals surface area (Å²) in [6.45, 7) is 3.81. The highest BCUT2D eigenvalue weighted by molar-refractivity contribution is 6.31. The van der Waals surface area contributed by atoms with Crippen LogP contribution in [-0.2, 0) is 0 Å². The molecular formula is C18H15ClN6O2. The number of aromatic nitrogens is 4. The molecule has 0 saturated heterocycles. The van der Waals surface area contributed by atoms with Gasteiger partial charge < -0.3 is 4.42 Å². The zero-order chi connectivity index (χ0) is 19.0. The molecule has 0 aliphatic carbocycles. The molecule has 4 rings (SSSR count). The number of amides is 1. The number of nitrogens with one attached hydrogen (secondary N) is 2. The van der Waals surface area contributed by atoms with Crippen molar-refractivity contribution in [3.8, 4) is 5.82 Å². The quantitative estimate of drug-likeness (QED) is 0.525. The van der Waals surface area contributed by atoms with Crippen LogP contribution in [0.2, 0.25) is 5.02 Å². The summed E-state index contributed by atoms with van der Waals surface area (Å²) < 4.78 is 6.75. The van der Waals surface area contributed by atoms with Crippen LogP contribution in [0.1, 0.15) is 21.9 Å². The molecule has 3 aromatic heterocycles. The lowest BCUT2D eigenvalue weighted by Gasteiger charge is -2.13. The molecule has 2 N–H and O–H groups in total. The van der Waals surface area contributed by atoms with Crippen LogP contribution in [0, 0.1) is 13.8 Å². The fourth-order valence-electron chi connectivity index (χ4n) is 2.68. The van der Waals surface area contributed by atoms with Gasteiger partial charge in [-0.1, -0.05) is 11.6 Å². The van der Waals surface area contributed by atoms with Crippen molar-refractivity contribution in [2.24, 2.45) is 0 Å². The minimum Gasteiger partial charge on any atom is -0.459 e. The van der Waals surface area contributed by atoms with E-state index in [0.717, 1.165) is 11.4 Å². The van der Waals surface area contributed by atoms with Crippen LogP contribution in [0.15, 0.2) is 47.1 Å². The zero-order valence-electron chi connectivity index (χ0n) is 14.5. The normalized spacial score (nSPS) is 10.9. The number of halogens is 1. The third-order valence-electron chi connectivity index (χ3n) is 3.86. The smallest absolute Gasteiger partial charge is 0.305 e. The number of carbonyl (C=O) groups is 1. The first-order valence-corrected chi connectivity index (χ1v) is 8.50. The van der Waals surface area contributed by atoms with Gasteiger partial charge in [0.25, 0.3) is 0 Å². The van der Waals surface area contributed by atoms with E-state index in [-0.39, 0.29) is 5.76 Å². The van der Waals surface area contributed by atoms with Gasteiger partial charge in [0, 0.05) is 10.7 Å². The van der Waals surface area contributed by atoms with Gasteiger partial charge in [-0.15, -0.1) is 0 Å². The standard InChI is InChI=1S/C18H15ClN6O2/c1-10-8-11(2)25(24-10)17-16(22-23-18(26)15-4-3-7-27-15)20-14-9-12(19)5-6-13(14)21-17/h3-9H,1-2H3,(H,20,22)(H,23,26). The maximum absolute atomic E-state index is 12.2. The Morgan fingerprint density at radius 1 is 1.15 bits per heavy atom. The Hall–Kier alpha value is -3.39.